The number of anilines is 1. The van der Waals surface area contributed by atoms with Crippen LogP contribution in [0.1, 0.15) is 22.4 Å². The zero-order valence-corrected chi connectivity index (χ0v) is 13.2. The number of aromatic nitrogens is 2. The highest BCUT2D eigenvalue weighted by Gasteiger charge is 2.21. The molecule has 118 valence electrons. The summed E-state index contributed by atoms with van der Waals surface area (Å²) < 4.78 is 10.1. The molecule has 0 unspecified atom stereocenters. The second-order valence-corrected chi connectivity index (χ2v) is 5.98. The van der Waals surface area contributed by atoms with Gasteiger partial charge in [-0.3, -0.25) is 4.90 Å². The first-order chi connectivity index (χ1) is 10.8. The zero-order chi connectivity index (χ0) is 15.4. The number of hydrogen-bond acceptors (Lipinski definition) is 8. The summed E-state index contributed by atoms with van der Waals surface area (Å²) in [4.78, 5) is 21.1. The third-order valence-electron chi connectivity index (χ3n) is 3.48. The van der Waals surface area contributed by atoms with Crippen LogP contribution in [0, 0.1) is 0 Å². The molecule has 1 saturated heterocycles. The number of thiazole rings is 1. The fraction of sp³-hybridized carbons (Fsp3) is 0.500. The summed E-state index contributed by atoms with van der Waals surface area (Å²) in [5, 5.41) is 4.60. The number of piperazine rings is 1. The number of hydrogen-bond donors (Lipinski definition) is 0. The van der Waals surface area contributed by atoms with Crippen LogP contribution in [0.5, 0.6) is 0 Å². The Morgan fingerprint density at radius 2 is 2.23 bits per heavy atom. The Hall–Kier alpha value is -1.93. The van der Waals surface area contributed by atoms with Crippen LogP contribution in [0.25, 0.3) is 0 Å². The first kappa shape index (κ1) is 15.0. The van der Waals surface area contributed by atoms with Crippen molar-refractivity contribution in [3.8, 4) is 0 Å². The molecule has 7 nitrogen and oxygen atoms in total. The van der Waals surface area contributed by atoms with E-state index in [0.717, 1.165) is 43.6 Å². The van der Waals surface area contributed by atoms with E-state index in [2.05, 4.69) is 19.9 Å². The maximum absolute atomic E-state index is 11.7. The van der Waals surface area contributed by atoms with Crippen molar-refractivity contribution in [2.24, 2.45) is 0 Å². The Morgan fingerprint density at radius 1 is 1.41 bits per heavy atom. The predicted molar refractivity (Wildman–Crippen MR) is 82.1 cm³/mol. The lowest BCUT2D eigenvalue weighted by molar-refractivity contribution is 0.0532. The van der Waals surface area contributed by atoms with E-state index in [-0.39, 0.29) is 5.97 Å². The van der Waals surface area contributed by atoms with Gasteiger partial charge in [0.15, 0.2) is 10.9 Å². The van der Waals surface area contributed by atoms with Crippen LogP contribution in [-0.4, -0.2) is 53.8 Å². The number of ether oxygens (including phenoxy) is 1. The van der Waals surface area contributed by atoms with Crippen molar-refractivity contribution in [2.75, 3.05) is 37.7 Å². The summed E-state index contributed by atoms with van der Waals surface area (Å²) in [6.07, 6.45) is 3.26. The number of carbonyl (C=O) groups excluding carboxylic acids is 1. The van der Waals surface area contributed by atoms with E-state index in [0.29, 0.717) is 11.5 Å². The quantitative estimate of drug-likeness (QED) is 0.775. The SMILES string of the molecule is CCOC(=O)c1cnc(N2CCN(Cc3ccno3)CC2)s1. The van der Waals surface area contributed by atoms with Crippen molar-refractivity contribution in [3.63, 3.8) is 0 Å². The number of rotatable bonds is 5. The van der Waals surface area contributed by atoms with Crippen LogP contribution in [0.15, 0.2) is 23.0 Å². The maximum Gasteiger partial charge on any atom is 0.350 e. The molecule has 0 aromatic carbocycles. The van der Waals surface area contributed by atoms with Crippen LogP contribution in [-0.2, 0) is 11.3 Å². The molecule has 1 aliphatic rings. The van der Waals surface area contributed by atoms with E-state index in [9.17, 15) is 4.79 Å². The molecule has 0 N–H and O–H groups in total. The van der Waals surface area contributed by atoms with Gasteiger partial charge in [-0.05, 0) is 6.92 Å². The second kappa shape index (κ2) is 6.89. The first-order valence-corrected chi connectivity index (χ1v) is 8.07. The van der Waals surface area contributed by atoms with Crippen molar-refractivity contribution in [3.05, 3.63) is 29.1 Å². The van der Waals surface area contributed by atoms with Gasteiger partial charge in [-0.1, -0.05) is 16.5 Å². The lowest BCUT2D eigenvalue weighted by Gasteiger charge is -2.33. The van der Waals surface area contributed by atoms with E-state index in [4.69, 9.17) is 9.26 Å². The van der Waals surface area contributed by atoms with Crippen molar-refractivity contribution in [2.45, 2.75) is 13.5 Å². The highest BCUT2D eigenvalue weighted by atomic mass is 32.1. The molecule has 2 aromatic rings. The fourth-order valence-electron chi connectivity index (χ4n) is 2.35. The van der Waals surface area contributed by atoms with Gasteiger partial charge in [-0.15, -0.1) is 0 Å². The smallest absolute Gasteiger partial charge is 0.350 e. The van der Waals surface area contributed by atoms with Crippen LogP contribution >= 0.6 is 11.3 Å². The number of nitrogens with zero attached hydrogens (tertiary/aromatic N) is 4. The summed E-state index contributed by atoms with van der Waals surface area (Å²) in [6.45, 7) is 6.57. The minimum absolute atomic E-state index is 0.296. The minimum atomic E-state index is -0.296. The monoisotopic (exact) mass is 322 g/mol. The molecule has 3 heterocycles. The first-order valence-electron chi connectivity index (χ1n) is 7.26. The molecule has 1 fully saturated rings. The molecule has 8 heteroatoms. The summed E-state index contributed by atoms with van der Waals surface area (Å²) >= 11 is 1.39. The molecular weight excluding hydrogens is 304 g/mol. The Bertz CT molecular complexity index is 605. The maximum atomic E-state index is 11.7. The van der Waals surface area contributed by atoms with Crippen LogP contribution < -0.4 is 4.90 Å². The van der Waals surface area contributed by atoms with E-state index in [1.54, 1.807) is 19.3 Å². The van der Waals surface area contributed by atoms with E-state index in [1.807, 2.05) is 6.07 Å². The predicted octanol–water partition coefficient (Wildman–Crippen LogP) is 1.63. The average Bonchev–Trinajstić information content (AvgIpc) is 3.19. The number of esters is 1. The van der Waals surface area contributed by atoms with Gasteiger partial charge in [0.25, 0.3) is 0 Å². The van der Waals surface area contributed by atoms with Gasteiger partial charge in [0.05, 0.1) is 25.5 Å². The van der Waals surface area contributed by atoms with Crippen LogP contribution in [0.4, 0.5) is 5.13 Å². The summed E-state index contributed by atoms with van der Waals surface area (Å²) in [7, 11) is 0. The highest BCUT2D eigenvalue weighted by Crippen LogP contribution is 2.24. The molecule has 22 heavy (non-hydrogen) atoms. The van der Waals surface area contributed by atoms with Gasteiger partial charge in [0, 0.05) is 32.2 Å². The van der Waals surface area contributed by atoms with Gasteiger partial charge >= 0.3 is 5.97 Å². The van der Waals surface area contributed by atoms with Crippen LogP contribution in [0.3, 0.4) is 0 Å². The fourth-order valence-corrected chi connectivity index (χ4v) is 3.21. The van der Waals surface area contributed by atoms with Gasteiger partial charge in [-0.2, -0.15) is 0 Å². The average molecular weight is 322 g/mol. The van der Waals surface area contributed by atoms with E-state index in [1.165, 1.54) is 11.3 Å². The molecule has 0 atom stereocenters. The molecule has 0 aliphatic carbocycles. The zero-order valence-electron chi connectivity index (χ0n) is 12.4. The van der Waals surface area contributed by atoms with Crippen LogP contribution in [0.2, 0.25) is 0 Å². The molecule has 0 saturated carbocycles. The Balaban J connectivity index is 1.54. The van der Waals surface area contributed by atoms with Crippen molar-refractivity contribution in [1.29, 1.82) is 0 Å². The summed E-state index contributed by atoms with van der Waals surface area (Å²) in [5.41, 5.74) is 0. The van der Waals surface area contributed by atoms with Gasteiger partial charge in [0.1, 0.15) is 4.88 Å². The molecule has 0 amide bonds. The minimum Gasteiger partial charge on any atom is -0.462 e. The second-order valence-electron chi connectivity index (χ2n) is 4.97. The molecule has 0 spiro atoms. The molecule has 2 aromatic heterocycles. The molecule has 0 radical (unpaired) electrons. The van der Waals surface area contributed by atoms with Gasteiger partial charge < -0.3 is 14.2 Å². The lowest BCUT2D eigenvalue weighted by Crippen LogP contribution is -2.45. The molecule has 3 rings (SSSR count). The Morgan fingerprint density at radius 3 is 2.91 bits per heavy atom. The molecular formula is C14H18N4O3S. The molecule has 1 aliphatic heterocycles. The van der Waals surface area contributed by atoms with Crippen molar-refractivity contribution >= 4 is 22.4 Å². The third kappa shape index (κ3) is 3.45. The van der Waals surface area contributed by atoms with Crippen molar-refractivity contribution < 1.29 is 14.1 Å². The normalized spacial score (nSPS) is 16.0. The summed E-state index contributed by atoms with van der Waals surface area (Å²) in [6, 6.07) is 1.89. The Kier molecular flexibility index (Phi) is 4.69. The number of carbonyl (C=O) groups is 1. The lowest BCUT2D eigenvalue weighted by atomic mass is 10.3. The Labute approximate surface area is 132 Å². The topological polar surface area (TPSA) is 71.7 Å². The van der Waals surface area contributed by atoms with E-state index < -0.39 is 0 Å². The largest absolute Gasteiger partial charge is 0.462 e. The van der Waals surface area contributed by atoms with Gasteiger partial charge in [0.2, 0.25) is 0 Å². The third-order valence-corrected chi connectivity index (χ3v) is 4.52. The summed E-state index contributed by atoms with van der Waals surface area (Å²) in [5.74, 6) is 0.586. The molecule has 0 bridgehead atoms. The van der Waals surface area contributed by atoms with Crippen molar-refractivity contribution in [1.82, 2.24) is 15.0 Å². The van der Waals surface area contributed by atoms with E-state index >= 15 is 0 Å². The van der Waals surface area contributed by atoms with Gasteiger partial charge in [-0.25, -0.2) is 9.78 Å². The standard InChI is InChI=1S/C14H18N4O3S/c1-2-20-13(19)12-9-15-14(22-12)18-7-5-17(6-8-18)10-11-3-4-16-21-11/h3-4,9H,2,5-8,10H2,1H3. The highest BCUT2D eigenvalue weighted by molar-refractivity contribution is 7.17.